The van der Waals surface area contributed by atoms with Crippen LogP contribution in [0.25, 0.3) is 0 Å². The summed E-state index contributed by atoms with van der Waals surface area (Å²) < 4.78 is 45.5. The number of rotatable bonds is 4. The highest BCUT2D eigenvalue weighted by Gasteiger charge is 2.35. The minimum absolute atomic E-state index is 0.0123. The molecule has 3 aromatic rings. The van der Waals surface area contributed by atoms with Crippen LogP contribution in [0.15, 0.2) is 54.7 Å². The van der Waals surface area contributed by atoms with Gasteiger partial charge in [0.15, 0.2) is 0 Å². The maximum absolute atomic E-state index is 13.3. The van der Waals surface area contributed by atoms with E-state index in [4.69, 9.17) is 33.2 Å². The molecule has 0 aliphatic carbocycles. The first kappa shape index (κ1) is 23.9. The van der Waals surface area contributed by atoms with Crippen LogP contribution in [0.1, 0.15) is 32.6 Å². The van der Waals surface area contributed by atoms with E-state index in [9.17, 15) is 18.0 Å². The number of hydrogen-bond acceptors (Lipinski definition) is 4. The van der Waals surface area contributed by atoms with Crippen molar-refractivity contribution in [2.24, 2.45) is 0 Å². The number of nitriles is 1. The molecule has 10 heteroatoms. The molecule has 0 N–H and O–H groups in total. The van der Waals surface area contributed by atoms with Gasteiger partial charge in [-0.1, -0.05) is 29.3 Å². The van der Waals surface area contributed by atoms with Crippen molar-refractivity contribution in [1.29, 1.82) is 5.26 Å². The molecule has 0 fully saturated rings. The van der Waals surface area contributed by atoms with Gasteiger partial charge in [-0.2, -0.15) is 18.4 Å². The minimum atomic E-state index is -4.47. The zero-order valence-corrected chi connectivity index (χ0v) is 19.0. The molecule has 1 amide bonds. The van der Waals surface area contributed by atoms with Crippen molar-refractivity contribution in [2.45, 2.75) is 25.2 Å². The summed E-state index contributed by atoms with van der Waals surface area (Å²) in [6.07, 6.45) is -2.97. The molecule has 0 radical (unpaired) electrons. The summed E-state index contributed by atoms with van der Waals surface area (Å²) in [6, 6.07) is 12.5. The van der Waals surface area contributed by atoms with Crippen LogP contribution in [-0.4, -0.2) is 28.4 Å². The summed E-state index contributed by atoms with van der Waals surface area (Å²) >= 11 is 12.0. The molecule has 4 rings (SSSR count). The Morgan fingerprint density at radius 1 is 1.12 bits per heavy atom. The monoisotopic (exact) mass is 505 g/mol. The van der Waals surface area contributed by atoms with Crippen molar-refractivity contribution in [3.8, 4) is 11.9 Å². The van der Waals surface area contributed by atoms with Gasteiger partial charge in [-0.15, -0.1) is 0 Å². The van der Waals surface area contributed by atoms with Crippen LogP contribution in [0.4, 0.5) is 13.2 Å². The van der Waals surface area contributed by atoms with Crippen LogP contribution in [-0.2, 0) is 19.1 Å². The van der Waals surface area contributed by atoms with Gasteiger partial charge in [0.1, 0.15) is 12.7 Å². The van der Waals surface area contributed by atoms with Gasteiger partial charge >= 0.3 is 6.18 Å². The third-order valence-corrected chi connectivity index (χ3v) is 6.23. The largest absolute Gasteiger partial charge is 0.475 e. The standard InChI is InChI=1S/C24H16Cl2F3N3O2/c25-20-5-3-15(9-21(20)26)23(33)32-12-16-2-4-18(24(27,28)29)7-17(16)8-19(32)13-34-22-6-1-14(10-30)11-31-22/h1-7,9,11,19H,8,12-13H2. The Labute approximate surface area is 203 Å². The zero-order valence-electron chi connectivity index (χ0n) is 17.4. The number of benzene rings is 2. The minimum Gasteiger partial charge on any atom is -0.475 e. The van der Waals surface area contributed by atoms with Gasteiger partial charge in [-0.05, 0) is 53.9 Å². The molecule has 1 aliphatic heterocycles. The Morgan fingerprint density at radius 2 is 1.91 bits per heavy atom. The summed E-state index contributed by atoms with van der Waals surface area (Å²) in [5.41, 5.74) is 1.02. The van der Waals surface area contributed by atoms with Crippen molar-refractivity contribution < 1.29 is 22.7 Å². The van der Waals surface area contributed by atoms with E-state index in [0.717, 1.165) is 12.1 Å². The lowest BCUT2D eigenvalue weighted by molar-refractivity contribution is -0.137. The molecule has 1 aliphatic rings. The molecular formula is C24H16Cl2F3N3O2. The number of ether oxygens (including phenoxy) is 1. The maximum Gasteiger partial charge on any atom is 0.416 e. The van der Waals surface area contributed by atoms with Gasteiger partial charge < -0.3 is 9.64 Å². The number of hydrogen-bond donors (Lipinski definition) is 0. The average molecular weight is 506 g/mol. The third kappa shape index (κ3) is 5.11. The predicted molar refractivity (Wildman–Crippen MR) is 120 cm³/mol. The second-order valence-corrected chi connectivity index (χ2v) is 8.52. The molecule has 2 heterocycles. The SMILES string of the molecule is N#Cc1ccc(OCC2Cc3cc(C(F)(F)F)ccc3CN2C(=O)c2ccc(Cl)c(Cl)c2)nc1. The predicted octanol–water partition coefficient (Wildman–Crippen LogP) is 5.92. The molecule has 0 spiro atoms. The van der Waals surface area contributed by atoms with Crippen LogP contribution in [0.2, 0.25) is 10.0 Å². The molecule has 34 heavy (non-hydrogen) atoms. The van der Waals surface area contributed by atoms with Crippen molar-refractivity contribution in [2.75, 3.05) is 6.61 Å². The molecule has 1 unspecified atom stereocenters. The highest BCUT2D eigenvalue weighted by atomic mass is 35.5. The quantitative estimate of drug-likeness (QED) is 0.441. The molecule has 0 saturated carbocycles. The Hall–Kier alpha value is -3.28. The Balaban J connectivity index is 1.64. The molecule has 5 nitrogen and oxygen atoms in total. The second-order valence-electron chi connectivity index (χ2n) is 7.71. The second kappa shape index (κ2) is 9.53. The third-order valence-electron chi connectivity index (χ3n) is 5.49. The summed E-state index contributed by atoms with van der Waals surface area (Å²) in [6.45, 7) is 0.0863. The summed E-state index contributed by atoms with van der Waals surface area (Å²) in [4.78, 5) is 18.9. The topological polar surface area (TPSA) is 66.2 Å². The van der Waals surface area contributed by atoms with E-state index in [1.54, 1.807) is 11.0 Å². The number of carbonyl (C=O) groups excluding carboxylic acids is 1. The van der Waals surface area contributed by atoms with Crippen molar-refractivity contribution in [3.63, 3.8) is 0 Å². The Bertz CT molecular complexity index is 1270. The number of fused-ring (bicyclic) bond motifs is 1. The first-order valence-electron chi connectivity index (χ1n) is 10.1. The number of aromatic nitrogens is 1. The van der Waals surface area contributed by atoms with Crippen molar-refractivity contribution >= 4 is 29.1 Å². The van der Waals surface area contributed by atoms with E-state index >= 15 is 0 Å². The normalized spacial score (nSPS) is 15.4. The van der Waals surface area contributed by atoms with Gasteiger partial charge in [0.2, 0.25) is 5.88 Å². The van der Waals surface area contributed by atoms with Crippen LogP contribution < -0.4 is 4.74 Å². The molecule has 1 aromatic heterocycles. The highest BCUT2D eigenvalue weighted by Crippen LogP contribution is 2.34. The van der Waals surface area contributed by atoms with Gasteiger partial charge in [0.25, 0.3) is 5.91 Å². The molecule has 2 aromatic carbocycles. The first-order chi connectivity index (χ1) is 16.2. The van der Waals surface area contributed by atoms with E-state index < -0.39 is 17.8 Å². The van der Waals surface area contributed by atoms with Gasteiger partial charge in [-0.3, -0.25) is 4.79 Å². The lowest BCUT2D eigenvalue weighted by atomic mass is 9.92. The summed E-state index contributed by atoms with van der Waals surface area (Å²) in [5, 5.41) is 9.42. The first-order valence-corrected chi connectivity index (χ1v) is 10.9. The smallest absolute Gasteiger partial charge is 0.416 e. The maximum atomic E-state index is 13.3. The lowest BCUT2D eigenvalue weighted by Crippen LogP contribution is -2.47. The van der Waals surface area contributed by atoms with E-state index in [1.807, 2.05) is 6.07 Å². The van der Waals surface area contributed by atoms with Crippen LogP contribution in [0.3, 0.4) is 0 Å². The van der Waals surface area contributed by atoms with Crippen LogP contribution in [0, 0.1) is 11.3 Å². The molecular weight excluding hydrogens is 490 g/mol. The number of carbonyl (C=O) groups is 1. The molecule has 1 atom stereocenters. The van der Waals surface area contributed by atoms with Crippen molar-refractivity contribution in [1.82, 2.24) is 9.88 Å². The fourth-order valence-corrected chi connectivity index (χ4v) is 4.02. The highest BCUT2D eigenvalue weighted by molar-refractivity contribution is 6.42. The molecule has 0 saturated heterocycles. The van der Waals surface area contributed by atoms with E-state index in [2.05, 4.69) is 4.98 Å². The van der Waals surface area contributed by atoms with Crippen LogP contribution >= 0.6 is 23.2 Å². The number of pyridine rings is 1. The summed E-state index contributed by atoms with van der Waals surface area (Å²) in [7, 11) is 0. The van der Waals surface area contributed by atoms with E-state index in [-0.39, 0.29) is 36.4 Å². The van der Waals surface area contributed by atoms with Gasteiger partial charge in [-0.25, -0.2) is 4.98 Å². The van der Waals surface area contributed by atoms with Gasteiger partial charge in [0.05, 0.1) is 27.2 Å². The number of amides is 1. The number of alkyl halides is 3. The fourth-order valence-electron chi connectivity index (χ4n) is 3.72. The van der Waals surface area contributed by atoms with Crippen molar-refractivity contribution in [3.05, 3.63) is 92.6 Å². The van der Waals surface area contributed by atoms with Crippen LogP contribution in [0.5, 0.6) is 5.88 Å². The Morgan fingerprint density at radius 3 is 2.56 bits per heavy atom. The van der Waals surface area contributed by atoms with E-state index in [1.165, 1.54) is 36.5 Å². The lowest BCUT2D eigenvalue weighted by Gasteiger charge is -2.37. The summed E-state index contributed by atoms with van der Waals surface area (Å²) in [5.74, 6) is -0.124. The molecule has 0 bridgehead atoms. The Kier molecular flexibility index (Phi) is 6.69. The molecule has 174 valence electrons. The fraction of sp³-hybridized carbons (Fsp3) is 0.208. The zero-order chi connectivity index (χ0) is 24.5. The van der Waals surface area contributed by atoms with E-state index in [0.29, 0.717) is 27.3 Å². The number of nitrogens with zero attached hydrogens (tertiary/aromatic N) is 3. The van der Waals surface area contributed by atoms with Gasteiger partial charge in [0, 0.05) is 24.4 Å². The average Bonchev–Trinajstić information content (AvgIpc) is 2.82. The number of halogens is 5.